The first kappa shape index (κ1) is 19.5. The molecule has 142 valence electrons. The Hall–Kier alpha value is -2.29. The molecule has 1 amide bonds. The molecule has 9 heteroatoms. The Morgan fingerprint density at radius 1 is 1.37 bits per heavy atom. The molecule has 1 aliphatic carbocycles. The van der Waals surface area contributed by atoms with Crippen LogP contribution in [0.1, 0.15) is 23.5 Å². The van der Waals surface area contributed by atoms with Gasteiger partial charge in [-0.05, 0) is 48.4 Å². The van der Waals surface area contributed by atoms with Gasteiger partial charge in [0.1, 0.15) is 5.82 Å². The SMILES string of the molecule is Cl.NCC(NC(=O)c1nc(-c2cccs2)n(-c2cccc(F)c2)n1)C1CC1. The summed E-state index contributed by atoms with van der Waals surface area (Å²) in [5.41, 5.74) is 6.27. The average Bonchev–Trinajstić information content (AvgIpc) is 3.16. The van der Waals surface area contributed by atoms with E-state index in [9.17, 15) is 9.18 Å². The van der Waals surface area contributed by atoms with Crippen molar-refractivity contribution in [2.45, 2.75) is 18.9 Å². The Kier molecular flexibility index (Phi) is 5.88. The Labute approximate surface area is 166 Å². The fourth-order valence-corrected chi connectivity index (χ4v) is 3.56. The zero-order chi connectivity index (χ0) is 18.1. The van der Waals surface area contributed by atoms with Crippen LogP contribution in [0.15, 0.2) is 41.8 Å². The number of amides is 1. The van der Waals surface area contributed by atoms with E-state index in [0.717, 1.165) is 17.7 Å². The van der Waals surface area contributed by atoms with Crippen molar-refractivity contribution in [3.8, 4) is 16.4 Å². The van der Waals surface area contributed by atoms with E-state index in [1.54, 1.807) is 12.1 Å². The van der Waals surface area contributed by atoms with Crippen LogP contribution in [0.4, 0.5) is 4.39 Å². The quantitative estimate of drug-likeness (QED) is 0.657. The van der Waals surface area contributed by atoms with E-state index >= 15 is 0 Å². The van der Waals surface area contributed by atoms with E-state index in [1.165, 1.54) is 28.2 Å². The number of nitrogens with one attached hydrogen (secondary N) is 1. The smallest absolute Gasteiger partial charge is 0.291 e. The number of carbonyl (C=O) groups excluding carboxylic acids is 1. The highest BCUT2D eigenvalue weighted by Crippen LogP contribution is 2.32. The summed E-state index contributed by atoms with van der Waals surface area (Å²) in [6, 6.07) is 9.77. The number of rotatable bonds is 6. The van der Waals surface area contributed by atoms with Gasteiger partial charge in [0.15, 0.2) is 5.82 Å². The maximum Gasteiger partial charge on any atom is 0.291 e. The molecule has 1 fully saturated rings. The van der Waals surface area contributed by atoms with Gasteiger partial charge in [-0.25, -0.2) is 14.1 Å². The van der Waals surface area contributed by atoms with Crippen molar-refractivity contribution < 1.29 is 9.18 Å². The van der Waals surface area contributed by atoms with Crippen LogP contribution >= 0.6 is 23.7 Å². The average molecular weight is 408 g/mol. The van der Waals surface area contributed by atoms with Crippen molar-refractivity contribution in [3.63, 3.8) is 0 Å². The molecule has 0 spiro atoms. The van der Waals surface area contributed by atoms with E-state index in [-0.39, 0.29) is 36.0 Å². The van der Waals surface area contributed by atoms with Crippen LogP contribution in [0.25, 0.3) is 16.4 Å². The van der Waals surface area contributed by atoms with Crippen LogP contribution in [0.3, 0.4) is 0 Å². The molecular weight excluding hydrogens is 389 g/mol. The van der Waals surface area contributed by atoms with E-state index < -0.39 is 0 Å². The van der Waals surface area contributed by atoms with Crippen molar-refractivity contribution >= 4 is 29.7 Å². The van der Waals surface area contributed by atoms with Gasteiger partial charge >= 0.3 is 0 Å². The Balaban J connectivity index is 0.00000210. The van der Waals surface area contributed by atoms with E-state index in [1.807, 2.05) is 17.5 Å². The second-order valence-electron chi connectivity index (χ2n) is 6.28. The van der Waals surface area contributed by atoms with Gasteiger partial charge in [0.05, 0.1) is 10.6 Å². The van der Waals surface area contributed by atoms with Crippen molar-refractivity contribution in [1.82, 2.24) is 20.1 Å². The summed E-state index contributed by atoms with van der Waals surface area (Å²) in [6.45, 7) is 0.388. The van der Waals surface area contributed by atoms with Gasteiger partial charge in [0.2, 0.25) is 5.82 Å². The number of benzene rings is 1. The minimum atomic E-state index is -0.377. The van der Waals surface area contributed by atoms with Gasteiger partial charge in [-0.1, -0.05) is 12.1 Å². The molecule has 2 heterocycles. The first-order chi connectivity index (χ1) is 12.7. The maximum absolute atomic E-state index is 13.7. The fraction of sp³-hybridized carbons (Fsp3) is 0.278. The molecule has 27 heavy (non-hydrogen) atoms. The lowest BCUT2D eigenvalue weighted by molar-refractivity contribution is 0.0923. The van der Waals surface area contributed by atoms with Crippen molar-refractivity contribution in [2.24, 2.45) is 11.7 Å². The highest BCUT2D eigenvalue weighted by atomic mass is 35.5. The van der Waals surface area contributed by atoms with Gasteiger partial charge in [0, 0.05) is 12.6 Å². The number of nitrogens with zero attached hydrogens (tertiary/aromatic N) is 3. The Bertz CT molecular complexity index is 926. The molecule has 2 aromatic heterocycles. The minimum absolute atomic E-state index is 0. The molecule has 1 aromatic carbocycles. The van der Waals surface area contributed by atoms with Gasteiger partial charge in [-0.15, -0.1) is 28.8 Å². The van der Waals surface area contributed by atoms with E-state index in [2.05, 4.69) is 15.4 Å². The Morgan fingerprint density at radius 2 is 2.19 bits per heavy atom. The zero-order valence-corrected chi connectivity index (χ0v) is 16.0. The molecule has 0 saturated heterocycles. The van der Waals surface area contributed by atoms with Crippen molar-refractivity contribution in [3.05, 3.63) is 53.4 Å². The summed E-state index contributed by atoms with van der Waals surface area (Å²) >= 11 is 1.48. The second kappa shape index (κ2) is 8.16. The molecular formula is C18H19ClFN5OS. The number of aromatic nitrogens is 3. The van der Waals surface area contributed by atoms with E-state index in [0.29, 0.717) is 24.0 Å². The van der Waals surface area contributed by atoms with Gasteiger partial charge in [0.25, 0.3) is 5.91 Å². The first-order valence-corrected chi connectivity index (χ1v) is 9.31. The van der Waals surface area contributed by atoms with Gasteiger partial charge in [-0.3, -0.25) is 4.79 Å². The third-order valence-electron chi connectivity index (χ3n) is 4.37. The summed E-state index contributed by atoms with van der Waals surface area (Å²) in [6.07, 6.45) is 2.15. The summed E-state index contributed by atoms with van der Waals surface area (Å²) in [5, 5.41) is 9.17. The zero-order valence-electron chi connectivity index (χ0n) is 14.3. The number of halogens is 2. The van der Waals surface area contributed by atoms with Crippen LogP contribution in [-0.2, 0) is 0 Å². The molecule has 0 bridgehead atoms. The predicted octanol–water partition coefficient (Wildman–Crippen LogP) is 3.02. The number of hydrogen-bond donors (Lipinski definition) is 2. The van der Waals surface area contributed by atoms with Crippen LogP contribution < -0.4 is 11.1 Å². The molecule has 1 aliphatic rings. The van der Waals surface area contributed by atoms with Crippen molar-refractivity contribution in [1.29, 1.82) is 0 Å². The predicted molar refractivity (Wildman–Crippen MR) is 105 cm³/mol. The minimum Gasteiger partial charge on any atom is -0.345 e. The number of hydrogen-bond acceptors (Lipinski definition) is 5. The summed E-state index contributed by atoms with van der Waals surface area (Å²) in [5.74, 6) is 0.257. The summed E-state index contributed by atoms with van der Waals surface area (Å²) in [4.78, 5) is 17.9. The molecule has 3 aromatic rings. The lowest BCUT2D eigenvalue weighted by atomic mass is 10.2. The molecule has 1 atom stereocenters. The molecule has 6 nitrogen and oxygen atoms in total. The summed E-state index contributed by atoms with van der Waals surface area (Å²) < 4.78 is 15.2. The van der Waals surface area contributed by atoms with E-state index in [4.69, 9.17) is 5.73 Å². The lowest BCUT2D eigenvalue weighted by Crippen LogP contribution is -2.42. The Morgan fingerprint density at radius 3 is 2.81 bits per heavy atom. The molecule has 0 aliphatic heterocycles. The second-order valence-corrected chi connectivity index (χ2v) is 7.23. The molecule has 4 rings (SSSR count). The number of carbonyl (C=O) groups is 1. The fourth-order valence-electron chi connectivity index (χ4n) is 2.86. The van der Waals surface area contributed by atoms with Gasteiger partial charge in [-0.2, -0.15) is 0 Å². The normalized spacial score (nSPS) is 14.4. The third-order valence-corrected chi connectivity index (χ3v) is 5.23. The topological polar surface area (TPSA) is 85.8 Å². The largest absolute Gasteiger partial charge is 0.345 e. The van der Waals surface area contributed by atoms with Crippen LogP contribution in [0.5, 0.6) is 0 Å². The first-order valence-electron chi connectivity index (χ1n) is 8.43. The number of thiophene rings is 1. The highest BCUT2D eigenvalue weighted by Gasteiger charge is 2.32. The molecule has 3 N–H and O–H groups in total. The third kappa shape index (κ3) is 4.18. The standard InChI is InChI=1S/C18H18FN5OS.ClH/c19-12-3-1-4-13(9-12)24-17(15-5-2-8-26-15)22-16(23-24)18(25)21-14(10-20)11-6-7-11;/h1-5,8-9,11,14H,6-7,10,20H2,(H,21,25);1H. The van der Waals surface area contributed by atoms with Crippen molar-refractivity contribution in [2.75, 3.05) is 6.54 Å². The molecule has 1 unspecified atom stereocenters. The lowest BCUT2D eigenvalue weighted by Gasteiger charge is -2.14. The van der Waals surface area contributed by atoms with Crippen LogP contribution in [0, 0.1) is 11.7 Å². The van der Waals surface area contributed by atoms with Crippen LogP contribution in [0.2, 0.25) is 0 Å². The summed E-state index contributed by atoms with van der Waals surface area (Å²) in [7, 11) is 0. The molecule has 1 saturated carbocycles. The van der Waals surface area contributed by atoms with Gasteiger partial charge < -0.3 is 11.1 Å². The highest BCUT2D eigenvalue weighted by molar-refractivity contribution is 7.13. The number of nitrogens with two attached hydrogens (primary N) is 1. The molecule has 0 radical (unpaired) electrons. The maximum atomic E-state index is 13.7. The monoisotopic (exact) mass is 407 g/mol. The van der Waals surface area contributed by atoms with Crippen LogP contribution in [-0.4, -0.2) is 33.3 Å².